The van der Waals surface area contributed by atoms with Crippen LogP contribution >= 0.6 is 0 Å². The van der Waals surface area contributed by atoms with E-state index >= 15 is 0 Å². The number of ether oxygens (including phenoxy) is 1. The molecule has 0 bridgehead atoms. The summed E-state index contributed by atoms with van der Waals surface area (Å²) in [6.45, 7) is 4.93. The van der Waals surface area contributed by atoms with Crippen LogP contribution in [0.4, 0.5) is 5.82 Å². The Morgan fingerprint density at radius 1 is 1.35 bits per heavy atom. The van der Waals surface area contributed by atoms with E-state index in [-0.39, 0.29) is 12.5 Å². The topological polar surface area (TPSA) is 98.1 Å². The lowest BCUT2D eigenvalue weighted by molar-refractivity contribution is -0.131. The molecule has 2 aromatic heterocycles. The zero-order chi connectivity index (χ0) is 17.9. The first kappa shape index (κ1) is 16.9. The quantitative estimate of drug-likeness (QED) is 0.835. The fourth-order valence-electron chi connectivity index (χ4n) is 3.49. The van der Waals surface area contributed by atoms with Gasteiger partial charge in [0, 0.05) is 31.7 Å². The van der Waals surface area contributed by atoms with Gasteiger partial charge in [0.2, 0.25) is 5.91 Å². The van der Waals surface area contributed by atoms with Gasteiger partial charge in [-0.1, -0.05) is 0 Å². The second-order valence-corrected chi connectivity index (χ2v) is 6.72. The molecule has 0 saturated carbocycles. The molecule has 1 saturated heterocycles. The van der Waals surface area contributed by atoms with E-state index in [1.54, 1.807) is 11.0 Å². The highest BCUT2D eigenvalue weighted by Gasteiger charge is 2.24. The molecule has 0 radical (unpaired) electrons. The number of hydrogen-bond donors (Lipinski definition) is 1. The summed E-state index contributed by atoms with van der Waals surface area (Å²) in [6, 6.07) is 0.293. The number of carbonyl (C=O) groups excluding carboxylic acids is 1. The number of rotatable bonds is 4. The summed E-state index contributed by atoms with van der Waals surface area (Å²) in [4.78, 5) is 27.6. The number of aryl methyl sites for hydroxylation is 1. The zero-order valence-electron chi connectivity index (χ0n) is 14.9. The van der Waals surface area contributed by atoms with Crippen LogP contribution < -0.4 is 5.32 Å². The van der Waals surface area contributed by atoms with Crippen LogP contribution in [0.1, 0.15) is 23.5 Å². The molecule has 4 heterocycles. The van der Waals surface area contributed by atoms with E-state index in [0.29, 0.717) is 25.7 Å². The molecule has 9 nitrogen and oxygen atoms in total. The van der Waals surface area contributed by atoms with Crippen LogP contribution in [-0.4, -0.2) is 67.9 Å². The third-order valence-electron chi connectivity index (χ3n) is 4.84. The second-order valence-electron chi connectivity index (χ2n) is 6.72. The number of nitrogens with zero attached hydrogens (tertiary/aromatic N) is 6. The van der Waals surface area contributed by atoms with Crippen molar-refractivity contribution >= 4 is 11.7 Å². The summed E-state index contributed by atoms with van der Waals surface area (Å²) in [5.41, 5.74) is 2.16. The molecule has 0 unspecified atom stereocenters. The van der Waals surface area contributed by atoms with Crippen LogP contribution in [-0.2, 0) is 28.9 Å². The van der Waals surface area contributed by atoms with Gasteiger partial charge in [-0.2, -0.15) is 5.10 Å². The minimum atomic E-state index is 0.0479. The molecule has 138 valence electrons. The van der Waals surface area contributed by atoms with Crippen LogP contribution in [0.3, 0.4) is 0 Å². The molecule has 2 aliphatic rings. The Labute approximate surface area is 151 Å². The van der Waals surface area contributed by atoms with Gasteiger partial charge in [0.15, 0.2) is 0 Å². The Morgan fingerprint density at radius 2 is 2.23 bits per heavy atom. The van der Waals surface area contributed by atoms with Crippen LogP contribution in [0.15, 0.2) is 12.7 Å². The van der Waals surface area contributed by atoms with Crippen molar-refractivity contribution in [2.75, 3.05) is 31.6 Å². The number of anilines is 1. The molecule has 0 aromatic carbocycles. The van der Waals surface area contributed by atoms with E-state index in [9.17, 15) is 4.79 Å². The van der Waals surface area contributed by atoms with Gasteiger partial charge >= 0.3 is 0 Å². The van der Waals surface area contributed by atoms with Gasteiger partial charge in [-0.15, -0.1) is 0 Å². The highest BCUT2D eigenvalue weighted by atomic mass is 16.5. The average Bonchev–Trinajstić information content (AvgIpc) is 3.26. The predicted octanol–water partition coefficient (Wildman–Crippen LogP) is 0.205. The Kier molecular flexibility index (Phi) is 4.79. The van der Waals surface area contributed by atoms with E-state index in [1.807, 2.05) is 11.8 Å². The SMILES string of the molecule is Cc1nc2c(c(N[C@@H]3CCOC3)n1)CCN(C(=O)Cn1cncn1)CC2. The van der Waals surface area contributed by atoms with E-state index in [2.05, 4.69) is 25.4 Å². The smallest absolute Gasteiger partial charge is 0.244 e. The van der Waals surface area contributed by atoms with Gasteiger partial charge < -0.3 is 15.0 Å². The fourth-order valence-corrected chi connectivity index (χ4v) is 3.49. The first-order valence-corrected chi connectivity index (χ1v) is 9.00. The molecule has 1 fully saturated rings. The Hall–Kier alpha value is -2.55. The lowest BCUT2D eigenvalue weighted by Gasteiger charge is -2.20. The lowest BCUT2D eigenvalue weighted by atomic mass is 10.1. The minimum absolute atomic E-state index is 0.0479. The second kappa shape index (κ2) is 7.36. The monoisotopic (exact) mass is 357 g/mol. The Morgan fingerprint density at radius 3 is 3.00 bits per heavy atom. The van der Waals surface area contributed by atoms with Crippen LogP contribution in [0.2, 0.25) is 0 Å². The highest BCUT2D eigenvalue weighted by Crippen LogP contribution is 2.23. The summed E-state index contributed by atoms with van der Waals surface area (Å²) in [5, 5.41) is 7.53. The summed E-state index contributed by atoms with van der Waals surface area (Å²) in [6.07, 6.45) is 5.46. The van der Waals surface area contributed by atoms with Gasteiger partial charge in [-0.05, 0) is 19.8 Å². The van der Waals surface area contributed by atoms with Crippen molar-refractivity contribution in [3.63, 3.8) is 0 Å². The summed E-state index contributed by atoms with van der Waals surface area (Å²) in [5.74, 6) is 1.70. The van der Waals surface area contributed by atoms with Crippen molar-refractivity contribution in [3.8, 4) is 0 Å². The molecule has 1 amide bonds. The summed E-state index contributed by atoms with van der Waals surface area (Å²) in [7, 11) is 0. The Balaban J connectivity index is 1.48. The van der Waals surface area contributed by atoms with Crippen molar-refractivity contribution in [2.24, 2.45) is 0 Å². The van der Waals surface area contributed by atoms with Crippen molar-refractivity contribution in [3.05, 3.63) is 29.7 Å². The number of amides is 1. The maximum absolute atomic E-state index is 12.6. The number of aromatic nitrogens is 5. The van der Waals surface area contributed by atoms with E-state index < -0.39 is 0 Å². The molecular weight excluding hydrogens is 334 g/mol. The van der Waals surface area contributed by atoms with Gasteiger partial charge in [0.1, 0.15) is 30.8 Å². The lowest BCUT2D eigenvalue weighted by Crippen LogP contribution is -2.36. The minimum Gasteiger partial charge on any atom is -0.379 e. The van der Waals surface area contributed by atoms with Crippen molar-refractivity contribution in [1.82, 2.24) is 29.6 Å². The normalized spacial score (nSPS) is 19.9. The average molecular weight is 357 g/mol. The van der Waals surface area contributed by atoms with E-state index in [0.717, 1.165) is 48.8 Å². The van der Waals surface area contributed by atoms with Crippen LogP contribution in [0.5, 0.6) is 0 Å². The maximum atomic E-state index is 12.6. The highest BCUT2D eigenvalue weighted by molar-refractivity contribution is 5.76. The third kappa shape index (κ3) is 3.67. The number of fused-ring (bicyclic) bond motifs is 1. The standard InChI is InChI=1S/C17H23N7O2/c1-12-20-15-3-6-23(16(25)8-24-11-18-10-19-24)5-2-14(15)17(21-12)22-13-4-7-26-9-13/h10-11,13H,2-9H2,1H3,(H,20,21,22)/t13-/m1/s1. The molecule has 0 spiro atoms. The molecule has 26 heavy (non-hydrogen) atoms. The van der Waals surface area contributed by atoms with E-state index in [1.165, 1.54) is 6.33 Å². The van der Waals surface area contributed by atoms with Crippen LogP contribution in [0, 0.1) is 6.92 Å². The van der Waals surface area contributed by atoms with Gasteiger partial charge in [-0.3, -0.25) is 4.79 Å². The predicted molar refractivity (Wildman–Crippen MR) is 93.6 cm³/mol. The molecule has 9 heteroatoms. The van der Waals surface area contributed by atoms with Crippen LogP contribution in [0.25, 0.3) is 0 Å². The van der Waals surface area contributed by atoms with Crippen molar-refractivity contribution in [2.45, 2.75) is 38.8 Å². The number of nitrogens with one attached hydrogen (secondary N) is 1. The molecular formula is C17H23N7O2. The van der Waals surface area contributed by atoms with E-state index in [4.69, 9.17) is 4.74 Å². The maximum Gasteiger partial charge on any atom is 0.244 e. The third-order valence-corrected chi connectivity index (χ3v) is 4.84. The first-order chi connectivity index (χ1) is 12.7. The molecule has 0 aliphatic carbocycles. The molecule has 2 aromatic rings. The zero-order valence-corrected chi connectivity index (χ0v) is 14.9. The van der Waals surface area contributed by atoms with Gasteiger partial charge in [-0.25, -0.2) is 19.6 Å². The van der Waals surface area contributed by atoms with Crippen molar-refractivity contribution in [1.29, 1.82) is 0 Å². The molecule has 1 atom stereocenters. The number of carbonyl (C=O) groups is 1. The van der Waals surface area contributed by atoms with Gasteiger partial charge in [0.05, 0.1) is 18.3 Å². The molecule has 2 aliphatic heterocycles. The fraction of sp³-hybridized carbons (Fsp3) is 0.588. The van der Waals surface area contributed by atoms with Crippen molar-refractivity contribution < 1.29 is 9.53 Å². The Bertz CT molecular complexity index is 772. The molecule has 1 N–H and O–H groups in total. The number of hydrogen-bond acceptors (Lipinski definition) is 7. The largest absolute Gasteiger partial charge is 0.379 e. The first-order valence-electron chi connectivity index (χ1n) is 9.00. The summed E-state index contributed by atoms with van der Waals surface area (Å²) >= 11 is 0. The van der Waals surface area contributed by atoms with Gasteiger partial charge in [0.25, 0.3) is 0 Å². The summed E-state index contributed by atoms with van der Waals surface area (Å²) < 4.78 is 7.01. The molecule has 4 rings (SSSR count).